The lowest BCUT2D eigenvalue weighted by Crippen LogP contribution is -2.48. The Morgan fingerprint density at radius 1 is 0.839 bits per heavy atom. The Hall–Kier alpha value is -2.18. The van der Waals surface area contributed by atoms with Gasteiger partial charge >= 0.3 is 0 Å². The Morgan fingerprint density at radius 2 is 1.42 bits per heavy atom. The minimum atomic E-state index is 0.708. The van der Waals surface area contributed by atoms with Crippen molar-refractivity contribution in [3.63, 3.8) is 0 Å². The molecule has 7 heteroatoms. The minimum Gasteiger partial charge on any atom is -0.338 e. The summed E-state index contributed by atoms with van der Waals surface area (Å²) in [6.07, 6.45) is 1.92. The smallest absolute Gasteiger partial charge is 0.225 e. The number of anilines is 1. The first-order valence-electron chi connectivity index (χ1n) is 10.5. The highest BCUT2D eigenvalue weighted by Gasteiger charge is 2.21. The molecule has 0 spiro atoms. The van der Waals surface area contributed by atoms with Crippen LogP contribution in [0.1, 0.15) is 0 Å². The average Bonchev–Trinajstić information content (AvgIpc) is 2.79. The van der Waals surface area contributed by atoms with Crippen molar-refractivity contribution in [2.45, 2.75) is 0 Å². The molecular formula is C24H27Cl2N5. The quantitative estimate of drug-likeness (QED) is 0.533. The summed E-state index contributed by atoms with van der Waals surface area (Å²) in [5.74, 6) is 0.773. The topological polar surface area (TPSA) is 35.5 Å². The van der Waals surface area contributed by atoms with E-state index in [0.29, 0.717) is 10.0 Å². The highest BCUT2D eigenvalue weighted by molar-refractivity contribution is 6.31. The number of piperazine rings is 1. The molecule has 0 N–H and O–H groups in total. The fraction of sp³-hybridized carbons (Fsp3) is 0.333. The third kappa shape index (κ3) is 5.55. The molecule has 1 aliphatic heterocycles. The Kier molecular flexibility index (Phi) is 7.08. The van der Waals surface area contributed by atoms with Gasteiger partial charge in [0.15, 0.2) is 0 Å². The lowest BCUT2D eigenvalue weighted by molar-refractivity contribution is 0.229. The molecule has 2 aromatic carbocycles. The number of hydrogen-bond donors (Lipinski definition) is 0. The van der Waals surface area contributed by atoms with Gasteiger partial charge in [-0.05, 0) is 43.9 Å². The molecule has 31 heavy (non-hydrogen) atoms. The number of likely N-dealkylation sites (N-methyl/N-ethyl adjacent to an activating group) is 1. The van der Waals surface area contributed by atoms with Crippen LogP contribution >= 0.6 is 23.2 Å². The van der Waals surface area contributed by atoms with Crippen LogP contribution in [0.25, 0.3) is 22.4 Å². The van der Waals surface area contributed by atoms with Crippen LogP contribution in [-0.4, -0.2) is 73.1 Å². The Bertz CT molecular complexity index is 997. The number of nitrogens with zero attached hydrogens (tertiary/aromatic N) is 5. The van der Waals surface area contributed by atoms with Crippen molar-refractivity contribution in [1.82, 2.24) is 19.8 Å². The van der Waals surface area contributed by atoms with E-state index in [0.717, 1.165) is 67.6 Å². The van der Waals surface area contributed by atoms with Crippen molar-refractivity contribution in [1.29, 1.82) is 0 Å². The molecule has 162 valence electrons. The summed E-state index contributed by atoms with van der Waals surface area (Å²) in [6, 6.07) is 15.6. The summed E-state index contributed by atoms with van der Waals surface area (Å²) in [6.45, 7) is 6.06. The third-order valence-corrected chi connectivity index (χ3v) is 6.07. The SMILES string of the molecule is CN(C)CCN1CCN(c2ncc(-c3ccc(Cl)cc3)c(-c3ccc(Cl)cc3)n2)CC1. The molecule has 0 saturated carbocycles. The second-order valence-electron chi connectivity index (χ2n) is 8.08. The van der Waals surface area contributed by atoms with Gasteiger partial charge in [-0.1, -0.05) is 47.5 Å². The zero-order chi connectivity index (χ0) is 21.8. The number of hydrogen-bond acceptors (Lipinski definition) is 5. The normalized spacial score (nSPS) is 14.9. The van der Waals surface area contributed by atoms with E-state index in [9.17, 15) is 0 Å². The summed E-state index contributed by atoms with van der Waals surface area (Å²) in [5.41, 5.74) is 3.93. The van der Waals surface area contributed by atoms with Crippen molar-refractivity contribution in [3.05, 3.63) is 64.8 Å². The number of benzene rings is 2. The summed E-state index contributed by atoms with van der Waals surface area (Å²) < 4.78 is 0. The molecule has 3 aromatic rings. The maximum atomic E-state index is 6.12. The highest BCUT2D eigenvalue weighted by Crippen LogP contribution is 2.32. The van der Waals surface area contributed by atoms with Crippen LogP contribution < -0.4 is 4.90 Å². The lowest BCUT2D eigenvalue weighted by atomic mass is 10.0. The largest absolute Gasteiger partial charge is 0.338 e. The monoisotopic (exact) mass is 455 g/mol. The molecule has 0 bridgehead atoms. The average molecular weight is 456 g/mol. The van der Waals surface area contributed by atoms with Crippen LogP contribution in [0.15, 0.2) is 54.7 Å². The Labute approximate surface area is 194 Å². The molecule has 1 aliphatic rings. The number of aromatic nitrogens is 2. The fourth-order valence-corrected chi connectivity index (χ4v) is 3.96. The van der Waals surface area contributed by atoms with Crippen LogP contribution in [0.4, 0.5) is 5.95 Å². The highest BCUT2D eigenvalue weighted by atomic mass is 35.5. The fourth-order valence-electron chi connectivity index (χ4n) is 3.71. The maximum absolute atomic E-state index is 6.12. The van der Waals surface area contributed by atoms with Crippen molar-refractivity contribution < 1.29 is 0 Å². The molecule has 0 atom stereocenters. The Balaban J connectivity index is 1.61. The molecule has 1 aromatic heterocycles. The van der Waals surface area contributed by atoms with Gasteiger partial charge in [-0.25, -0.2) is 9.97 Å². The van der Waals surface area contributed by atoms with E-state index < -0.39 is 0 Å². The van der Waals surface area contributed by atoms with Crippen molar-refractivity contribution in [2.75, 3.05) is 58.3 Å². The van der Waals surface area contributed by atoms with Crippen molar-refractivity contribution in [2.24, 2.45) is 0 Å². The zero-order valence-corrected chi connectivity index (χ0v) is 19.4. The van der Waals surface area contributed by atoms with E-state index in [4.69, 9.17) is 33.2 Å². The molecule has 0 aliphatic carbocycles. The predicted octanol–water partition coefficient (Wildman–Crippen LogP) is 4.80. The minimum absolute atomic E-state index is 0.708. The number of rotatable bonds is 6. The van der Waals surface area contributed by atoms with Gasteiger partial charge in [-0.2, -0.15) is 0 Å². The molecule has 1 fully saturated rings. The predicted molar refractivity (Wildman–Crippen MR) is 130 cm³/mol. The van der Waals surface area contributed by atoms with Crippen LogP contribution in [0.5, 0.6) is 0 Å². The number of halogens is 2. The van der Waals surface area contributed by atoms with Crippen LogP contribution in [-0.2, 0) is 0 Å². The molecule has 5 nitrogen and oxygen atoms in total. The van der Waals surface area contributed by atoms with Gasteiger partial charge in [0.05, 0.1) is 5.69 Å². The van der Waals surface area contributed by atoms with Crippen LogP contribution in [0.3, 0.4) is 0 Å². The van der Waals surface area contributed by atoms with E-state index in [1.54, 1.807) is 0 Å². The second kappa shape index (κ2) is 9.96. The molecular weight excluding hydrogens is 429 g/mol. The van der Waals surface area contributed by atoms with Gasteiger partial charge in [0.25, 0.3) is 0 Å². The summed E-state index contributed by atoms with van der Waals surface area (Å²) in [7, 11) is 4.23. The summed E-state index contributed by atoms with van der Waals surface area (Å²) in [4.78, 5) is 16.7. The molecule has 1 saturated heterocycles. The second-order valence-corrected chi connectivity index (χ2v) is 8.95. The first-order chi connectivity index (χ1) is 15.0. The van der Waals surface area contributed by atoms with Gasteiger partial charge < -0.3 is 9.80 Å². The summed E-state index contributed by atoms with van der Waals surface area (Å²) >= 11 is 12.2. The van der Waals surface area contributed by atoms with Gasteiger partial charge in [-0.3, -0.25) is 4.90 Å². The van der Waals surface area contributed by atoms with Gasteiger partial charge in [0.1, 0.15) is 0 Å². The van der Waals surface area contributed by atoms with Gasteiger partial charge in [0, 0.05) is 66.6 Å². The third-order valence-electron chi connectivity index (χ3n) is 5.57. The lowest BCUT2D eigenvalue weighted by Gasteiger charge is -2.35. The van der Waals surface area contributed by atoms with E-state index in [1.165, 1.54) is 0 Å². The maximum Gasteiger partial charge on any atom is 0.225 e. The molecule has 0 radical (unpaired) electrons. The van der Waals surface area contributed by atoms with E-state index >= 15 is 0 Å². The van der Waals surface area contributed by atoms with Crippen LogP contribution in [0.2, 0.25) is 10.0 Å². The Morgan fingerprint density at radius 3 is 2.00 bits per heavy atom. The standard InChI is InChI=1S/C24H27Cl2N5/c1-29(2)11-12-30-13-15-31(16-14-30)24-27-17-22(18-3-7-20(25)8-4-18)23(28-24)19-5-9-21(26)10-6-19/h3-10,17H,11-16H2,1-2H3. The van der Waals surface area contributed by atoms with E-state index in [-0.39, 0.29) is 0 Å². The molecule has 0 unspecified atom stereocenters. The molecule has 4 rings (SSSR count). The summed E-state index contributed by atoms with van der Waals surface area (Å²) in [5, 5.41) is 1.42. The molecule has 0 amide bonds. The van der Waals surface area contributed by atoms with Gasteiger partial charge in [-0.15, -0.1) is 0 Å². The van der Waals surface area contributed by atoms with E-state index in [2.05, 4.69) is 28.8 Å². The van der Waals surface area contributed by atoms with Crippen LogP contribution in [0, 0.1) is 0 Å². The van der Waals surface area contributed by atoms with Gasteiger partial charge in [0.2, 0.25) is 5.95 Å². The first kappa shape index (κ1) is 22.0. The first-order valence-corrected chi connectivity index (χ1v) is 11.3. The van der Waals surface area contributed by atoms with Crippen molar-refractivity contribution in [3.8, 4) is 22.4 Å². The van der Waals surface area contributed by atoms with E-state index in [1.807, 2.05) is 54.7 Å². The van der Waals surface area contributed by atoms with Crippen molar-refractivity contribution >= 4 is 29.2 Å². The molecule has 2 heterocycles. The zero-order valence-electron chi connectivity index (χ0n) is 17.9.